The second-order valence-electron chi connectivity index (χ2n) is 2.81. The van der Waals surface area contributed by atoms with E-state index in [4.69, 9.17) is 15.3 Å². The summed E-state index contributed by atoms with van der Waals surface area (Å²) in [6.45, 7) is -0.960. The van der Waals surface area contributed by atoms with Crippen molar-refractivity contribution in [1.29, 1.82) is 0 Å². The molecular formula is C6H12FNO3. The fourth-order valence-electron chi connectivity index (χ4n) is 1.21. The molecule has 1 fully saturated rings. The molecule has 0 aromatic rings. The Hall–Kier alpha value is -0.230. The van der Waals surface area contributed by atoms with Crippen LogP contribution in [-0.2, 0) is 0 Å². The Morgan fingerprint density at radius 1 is 1.45 bits per heavy atom. The molecule has 0 amide bonds. The molecule has 2 atom stereocenters. The molecule has 1 aliphatic heterocycles. The van der Waals surface area contributed by atoms with Crippen molar-refractivity contribution >= 4 is 0 Å². The van der Waals surface area contributed by atoms with Crippen molar-refractivity contribution < 1.29 is 19.7 Å². The summed E-state index contributed by atoms with van der Waals surface area (Å²) >= 11 is 0. The molecule has 1 rings (SSSR count). The van der Waals surface area contributed by atoms with Gasteiger partial charge in [-0.1, -0.05) is 0 Å². The Balaban J connectivity index is 2.69. The van der Waals surface area contributed by atoms with Gasteiger partial charge in [0.2, 0.25) is 0 Å². The van der Waals surface area contributed by atoms with Crippen LogP contribution in [0.3, 0.4) is 0 Å². The Labute approximate surface area is 63.7 Å². The lowest BCUT2D eigenvalue weighted by molar-refractivity contribution is -0.00910. The summed E-state index contributed by atoms with van der Waals surface area (Å²) in [5.41, 5.74) is -1.25. The molecular weight excluding hydrogens is 153 g/mol. The summed E-state index contributed by atoms with van der Waals surface area (Å²) in [5, 5.41) is 29.2. The van der Waals surface area contributed by atoms with Crippen LogP contribution in [0.1, 0.15) is 0 Å². The minimum absolute atomic E-state index is 0.0255. The summed E-state index contributed by atoms with van der Waals surface area (Å²) < 4.78 is 12.7. The first-order valence-corrected chi connectivity index (χ1v) is 3.45. The number of nitrogens with one attached hydrogen (secondary N) is 1. The molecule has 0 aromatic carbocycles. The Morgan fingerprint density at radius 3 is 2.18 bits per heavy atom. The standard InChI is InChI=1S/C6H12FNO3/c7-4-1-8-6(2-9,3-10)5(4)11/h4-5,8-11H,1-3H2/t4-,5+/m0/s1. The first-order chi connectivity index (χ1) is 5.16. The van der Waals surface area contributed by atoms with Crippen LogP contribution in [0.2, 0.25) is 0 Å². The normalized spacial score (nSPS) is 36.0. The monoisotopic (exact) mass is 165 g/mol. The van der Waals surface area contributed by atoms with Gasteiger partial charge in [0, 0.05) is 6.54 Å². The number of aliphatic hydroxyl groups is 3. The topological polar surface area (TPSA) is 72.7 Å². The van der Waals surface area contributed by atoms with Gasteiger partial charge in [-0.05, 0) is 0 Å². The fraction of sp³-hybridized carbons (Fsp3) is 1.00. The van der Waals surface area contributed by atoms with E-state index in [9.17, 15) is 4.39 Å². The minimum atomic E-state index is -1.41. The maximum absolute atomic E-state index is 12.7. The third-order valence-corrected chi connectivity index (χ3v) is 2.12. The van der Waals surface area contributed by atoms with Gasteiger partial charge >= 0.3 is 0 Å². The Bertz CT molecular complexity index is 140. The number of hydrogen-bond donors (Lipinski definition) is 4. The maximum atomic E-state index is 12.7. The highest BCUT2D eigenvalue weighted by molar-refractivity contribution is 5.04. The van der Waals surface area contributed by atoms with E-state index < -0.39 is 31.0 Å². The molecule has 1 aliphatic rings. The average Bonchev–Trinajstić information content (AvgIpc) is 2.32. The number of alkyl halides is 1. The van der Waals surface area contributed by atoms with Crippen LogP contribution in [-0.4, -0.2) is 52.9 Å². The van der Waals surface area contributed by atoms with Gasteiger partial charge in [-0.2, -0.15) is 0 Å². The third-order valence-electron chi connectivity index (χ3n) is 2.12. The van der Waals surface area contributed by atoms with Gasteiger partial charge in [-0.15, -0.1) is 0 Å². The molecule has 0 bridgehead atoms. The highest BCUT2D eigenvalue weighted by Gasteiger charge is 2.47. The van der Waals surface area contributed by atoms with Crippen molar-refractivity contribution in [3.05, 3.63) is 0 Å². The van der Waals surface area contributed by atoms with Crippen LogP contribution in [0.5, 0.6) is 0 Å². The van der Waals surface area contributed by atoms with Crippen molar-refractivity contribution in [3.8, 4) is 0 Å². The molecule has 0 unspecified atom stereocenters. The van der Waals surface area contributed by atoms with E-state index >= 15 is 0 Å². The summed E-state index contributed by atoms with van der Waals surface area (Å²) in [7, 11) is 0. The minimum Gasteiger partial charge on any atom is -0.394 e. The van der Waals surface area contributed by atoms with Gasteiger partial charge in [-0.3, -0.25) is 0 Å². The van der Waals surface area contributed by atoms with Crippen molar-refractivity contribution in [2.75, 3.05) is 19.8 Å². The van der Waals surface area contributed by atoms with E-state index in [0.29, 0.717) is 0 Å². The van der Waals surface area contributed by atoms with Crippen molar-refractivity contribution in [2.24, 2.45) is 0 Å². The highest BCUT2D eigenvalue weighted by atomic mass is 19.1. The van der Waals surface area contributed by atoms with Gasteiger partial charge < -0.3 is 20.6 Å². The van der Waals surface area contributed by atoms with Crippen molar-refractivity contribution in [2.45, 2.75) is 17.8 Å². The molecule has 0 aromatic heterocycles. The fourth-order valence-corrected chi connectivity index (χ4v) is 1.21. The molecule has 4 N–H and O–H groups in total. The predicted molar refractivity (Wildman–Crippen MR) is 35.8 cm³/mol. The Kier molecular flexibility index (Phi) is 2.43. The number of aliphatic hydroxyl groups excluding tert-OH is 3. The zero-order chi connectivity index (χ0) is 8.48. The van der Waals surface area contributed by atoms with E-state index in [1.54, 1.807) is 0 Å². The van der Waals surface area contributed by atoms with Gasteiger partial charge in [-0.25, -0.2) is 4.39 Å². The molecule has 0 aliphatic carbocycles. The van der Waals surface area contributed by atoms with Crippen LogP contribution in [0.15, 0.2) is 0 Å². The second kappa shape index (κ2) is 3.02. The lowest BCUT2D eigenvalue weighted by Crippen LogP contribution is -2.55. The average molecular weight is 165 g/mol. The molecule has 5 heteroatoms. The van der Waals surface area contributed by atoms with E-state index in [0.717, 1.165) is 0 Å². The Morgan fingerprint density at radius 2 is 2.00 bits per heavy atom. The van der Waals surface area contributed by atoms with Crippen LogP contribution >= 0.6 is 0 Å². The first kappa shape index (κ1) is 8.86. The van der Waals surface area contributed by atoms with Crippen LogP contribution < -0.4 is 5.32 Å². The number of hydrogen-bond acceptors (Lipinski definition) is 4. The number of rotatable bonds is 2. The molecule has 1 saturated heterocycles. The number of halogens is 1. The summed E-state index contributed by atoms with van der Waals surface area (Å²) in [6, 6.07) is 0. The molecule has 1 heterocycles. The van der Waals surface area contributed by atoms with E-state index in [2.05, 4.69) is 5.32 Å². The largest absolute Gasteiger partial charge is 0.394 e. The van der Waals surface area contributed by atoms with Crippen LogP contribution in [0.25, 0.3) is 0 Å². The quantitative estimate of drug-likeness (QED) is 0.382. The SMILES string of the molecule is OCC1(CO)NC[C@H](F)[C@H]1O. The van der Waals surface area contributed by atoms with Gasteiger partial charge in [0.25, 0.3) is 0 Å². The molecule has 0 saturated carbocycles. The highest BCUT2D eigenvalue weighted by Crippen LogP contribution is 2.21. The molecule has 66 valence electrons. The smallest absolute Gasteiger partial charge is 0.140 e. The zero-order valence-electron chi connectivity index (χ0n) is 6.00. The predicted octanol–water partition coefficient (Wildman–Crippen LogP) is -1.99. The summed E-state index contributed by atoms with van der Waals surface area (Å²) in [5.74, 6) is 0. The van der Waals surface area contributed by atoms with Gasteiger partial charge in [0.05, 0.1) is 18.8 Å². The van der Waals surface area contributed by atoms with Gasteiger partial charge in [0.1, 0.15) is 12.3 Å². The molecule has 0 spiro atoms. The maximum Gasteiger partial charge on any atom is 0.140 e. The van der Waals surface area contributed by atoms with Crippen LogP contribution in [0.4, 0.5) is 4.39 Å². The van der Waals surface area contributed by atoms with Crippen LogP contribution in [0, 0.1) is 0 Å². The molecule has 11 heavy (non-hydrogen) atoms. The zero-order valence-corrected chi connectivity index (χ0v) is 6.00. The van der Waals surface area contributed by atoms with Crippen molar-refractivity contribution in [1.82, 2.24) is 5.32 Å². The summed E-state index contributed by atoms with van der Waals surface area (Å²) in [6.07, 6.45) is -2.73. The molecule has 4 nitrogen and oxygen atoms in total. The lowest BCUT2D eigenvalue weighted by Gasteiger charge is -2.28. The van der Waals surface area contributed by atoms with Gasteiger partial charge in [0.15, 0.2) is 0 Å². The van der Waals surface area contributed by atoms with E-state index in [1.165, 1.54) is 0 Å². The molecule has 0 radical (unpaired) electrons. The van der Waals surface area contributed by atoms with E-state index in [-0.39, 0.29) is 6.54 Å². The lowest BCUT2D eigenvalue weighted by atomic mass is 9.96. The third kappa shape index (κ3) is 1.24. The summed E-state index contributed by atoms with van der Waals surface area (Å²) in [4.78, 5) is 0. The van der Waals surface area contributed by atoms with E-state index in [1.807, 2.05) is 0 Å². The second-order valence-corrected chi connectivity index (χ2v) is 2.81. The van der Waals surface area contributed by atoms with Crippen molar-refractivity contribution in [3.63, 3.8) is 0 Å². The first-order valence-electron chi connectivity index (χ1n) is 3.45.